The van der Waals surface area contributed by atoms with Gasteiger partial charge >= 0.3 is 0 Å². The molecule has 4 N–H and O–H groups in total. The van der Waals surface area contributed by atoms with E-state index in [4.69, 9.17) is 0 Å². The van der Waals surface area contributed by atoms with Crippen molar-refractivity contribution in [3.05, 3.63) is 18.6 Å². The minimum Gasteiger partial charge on any atom is -0.390 e. The first kappa shape index (κ1) is 19.3. The third-order valence-corrected chi connectivity index (χ3v) is 7.26. The number of aliphatic hydroxyl groups is 2. The first-order valence-electron chi connectivity index (χ1n) is 11.1. The first-order valence-corrected chi connectivity index (χ1v) is 11.1. The highest BCUT2D eigenvalue weighted by Crippen LogP contribution is 2.43. The van der Waals surface area contributed by atoms with Crippen molar-refractivity contribution in [2.45, 2.75) is 101 Å². The molecule has 4 aliphatic rings. The molecule has 0 saturated carbocycles. The van der Waals surface area contributed by atoms with Crippen LogP contribution in [0.4, 0.5) is 5.82 Å². The Morgan fingerprint density at radius 2 is 1.55 bits per heavy atom. The molecule has 4 aliphatic heterocycles. The number of anilines is 1. The van der Waals surface area contributed by atoms with Crippen LogP contribution < -0.4 is 10.2 Å². The second-order valence-corrected chi connectivity index (χ2v) is 10.2. The number of nitrogens with zero attached hydrogens (tertiary/aromatic N) is 3. The molecule has 158 valence electrons. The molecule has 4 atom stereocenters. The molecule has 7 heteroatoms. The van der Waals surface area contributed by atoms with E-state index in [2.05, 4.69) is 25.2 Å². The van der Waals surface area contributed by atoms with Crippen LogP contribution in [0.15, 0.2) is 18.6 Å². The largest absolute Gasteiger partial charge is 0.390 e. The quantitative estimate of drug-likeness (QED) is 0.588. The van der Waals surface area contributed by atoms with Gasteiger partial charge in [0.05, 0.1) is 16.6 Å². The fourth-order valence-corrected chi connectivity index (χ4v) is 6.24. The third-order valence-electron chi connectivity index (χ3n) is 7.26. The third kappa shape index (κ3) is 3.76. The zero-order valence-electron chi connectivity index (χ0n) is 17.4. The van der Waals surface area contributed by atoms with Crippen molar-refractivity contribution in [1.82, 2.24) is 20.3 Å². The number of aromatic nitrogens is 3. The zero-order chi connectivity index (χ0) is 20.2. The molecule has 4 bridgehead atoms. The Morgan fingerprint density at radius 3 is 2.21 bits per heavy atom. The van der Waals surface area contributed by atoms with E-state index < -0.39 is 5.60 Å². The summed E-state index contributed by atoms with van der Waals surface area (Å²) in [5, 5.41) is 24.6. The van der Waals surface area contributed by atoms with E-state index in [-0.39, 0.29) is 5.60 Å². The maximum Gasteiger partial charge on any atom is 0.142 e. The van der Waals surface area contributed by atoms with Gasteiger partial charge in [-0.25, -0.2) is 9.97 Å². The summed E-state index contributed by atoms with van der Waals surface area (Å²) < 4.78 is 0. The van der Waals surface area contributed by atoms with E-state index in [9.17, 15) is 10.2 Å². The van der Waals surface area contributed by atoms with Crippen LogP contribution in [0, 0.1) is 0 Å². The lowest BCUT2D eigenvalue weighted by Gasteiger charge is -2.43. The van der Waals surface area contributed by atoms with Crippen LogP contribution in [0.25, 0.3) is 11.0 Å². The maximum atomic E-state index is 10.3. The van der Waals surface area contributed by atoms with Gasteiger partial charge in [-0.1, -0.05) is 0 Å². The number of nitrogens with one attached hydrogen (secondary N) is 2. The molecule has 0 aliphatic carbocycles. The van der Waals surface area contributed by atoms with Gasteiger partial charge < -0.3 is 25.4 Å². The number of aromatic amines is 1. The average Bonchev–Trinajstić information content (AvgIpc) is 3.31. The Bertz CT molecular complexity index is 849. The van der Waals surface area contributed by atoms with Gasteiger partial charge in [0.2, 0.25) is 0 Å². The van der Waals surface area contributed by atoms with Crippen LogP contribution in [0.3, 0.4) is 0 Å². The number of H-pyrrole nitrogens is 1. The van der Waals surface area contributed by atoms with Crippen LogP contribution in [-0.2, 0) is 0 Å². The van der Waals surface area contributed by atoms with E-state index in [0.717, 1.165) is 55.4 Å². The van der Waals surface area contributed by atoms with Crippen molar-refractivity contribution >= 4 is 16.9 Å². The van der Waals surface area contributed by atoms with E-state index in [1.165, 1.54) is 12.8 Å². The zero-order valence-corrected chi connectivity index (χ0v) is 17.4. The van der Waals surface area contributed by atoms with Crippen molar-refractivity contribution < 1.29 is 10.2 Å². The van der Waals surface area contributed by atoms with Gasteiger partial charge in [0.15, 0.2) is 0 Å². The number of hydrogen-bond donors (Lipinski definition) is 4. The Balaban J connectivity index is 0.000000153. The number of rotatable bonds is 1. The average molecular weight is 400 g/mol. The lowest BCUT2D eigenvalue weighted by atomic mass is 9.88. The maximum absolute atomic E-state index is 10.3. The second-order valence-electron chi connectivity index (χ2n) is 10.2. The molecule has 0 aromatic carbocycles. The molecular weight excluding hydrogens is 366 g/mol. The summed E-state index contributed by atoms with van der Waals surface area (Å²) in [6.45, 7) is 3.92. The Morgan fingerprint density at radius 1 is 0.931 bits per heavy atom. The molecule has 7 nitrogen and oxygen atoms in total. The highest BCUT2D eigenvalue weighted by molar-refractivity contribution is 5.87. The van der Waals surface area contributed by atoms with Crippen LogP contribution in [0.1, 0.15) is 65.2 Å². The van der Waals surface area contributed by atoms with Crippen molar-refractivity contribution in [3.8, 4) is 0 Å². The number of hydrogen-bond acceptors (Lipinski definition) is 6. The van der Waals surface area contributed by atoms with Crippen molar-refractivity contribution in [1.29, 1.82) is 0 Å². The van der Waals surface area contributed by atoms with Crippen LogP contribution in [-0.4, -0.2) is 60.5 Å². The molecule has 6 rings (SSSR count). The number of piperidine rings is 2. The van der Waals surface area contributed by atoms with Crippen LogP contribution >= 0.6 is 0 Å². The Hall–Kier alpha value is -1.70. The fourth-order valence-electron chi connectivity index (χ4n) is 6.24. The molecular formula is C22H33N5O2. The van der Waals surface area contributed by atoms with Gasteiger partial charge in [-0.3, -0.25) is 0 Å². The monoisotopic (exact) mass is 399 g/mol. The molecule has 0 amide bonds. The van der Waals surface area contributed by atoms with E-state index in [1.54, 1.807) is 6.33 Å². The summed E-state index contributed by atoms with van der Waals surface area (Å²) in [7, 11) is 0. The lowest BCUT2D eigenvalue weighted by Crippen LogP contribution is -2.50. The minimum atomic E-state index is -0.521. The molecule has 2 aromatic rings. The van der Waals surface area contributed by atoms with Gasteiger partial charge in [0, 0.05) is 30.4 Å². The lowest BCUT2D eigenvalue weighted by molar-refractivity contribution is 0.0111. The predicted octanol–water partition coefficient (Wildman–Crippen LogP) is 2.49. The van der Waals surface area contributed by atoms with Crippen LogP contribution in [0.2, 0.25) is 0 Å². The molecule has 0 radical (unpaired) electrons. The van der Waals surface area contributed by atoms with Gasteiger partial charge in [0.25, 0.3) is 0 Å². The highest BCUT2D eigenvalue weighted by atomic mass is 16.3. The summed E-state index contributed by atoms with van der Waals surface area (Å²) >= 11 is 0. The summed E-state index contributed by atoms with van der Waals surface area (Å²) in [5.74, 6) is 1.02. The molecule has 2 aromatic heterocycles. The van der Waals surface area contributed by atoms with Crippen LogP contribution in [0.5, 0.6) is 0 Å². The second kappa shape index (κ2) is 6.93. The SMILES string of the molecule is CC1(O)CC2CCC(C1)N2.CC1(O)CC2CCC(C1)N2c1ncnc2[nH]ccc12. The number of fused-ring (bicyclic) bond motifs is 5. The Kier molecular flexibility index (Phi) is 4.60. The predicted molar refractivity (Wildman–Crippen MR) is 113 cm³/mol. The van der Waals surface area contributed by atoms with Crippen molar-refractivity contribution in [2.75, 3.05) is 4.90 Å². The van der Waals surface area contributed by atoms with E-state index in [1.807, 2.05) is 26.1 Å². The molecule has 6 heterocycles. The van der Waals surface area contributed by atoms with Gasteiger partial charge in [0.1, 0.15) is 17.8 Å². The molecule has 4 unspecified atom stereocenters. The van der Waals surface area contributed by atoms with Gasteiger partial charge in [-0.15, -0.1) is 0 Å². The highest BCUT2D eigenvalue weighted by Gasteiger charge is 2.46. The van der Waals surface area contributed by atoms with Crippen molar-refractivity contribution in [2.24, 2.45) is 0 Å². The van der Waals surface area contributed by atoms with Gasteiger partial charge in [-0.05, 0) is 71.3 Å². The standard InChI is InChI=1S/C14H18N4O.C8H15NO/c1-14(19)6-9-2-3-10(7-14)18(9)13-11-4-5-15-12(11)16-8-17-13;1-8(10)4-6-2-3-7(5-8)9-6/h4-5,8-10,19H,2-3,6-7H2,1H3,(H,15,16,17);6-7,9-10H,2-5H2,1H3. The summed E-state index contributed by atoms with van der Waals surface area (Å²) in [4.78, 5) is 14.3. The van der Waals surface area contributed by atoms with Gasteiger partial charge in [-0.2, -0.15) is 0 Å². The topological polar surface area (TPSA) is 97.3 Å². The normalized spacial score (nSPS) is 40.8. The molecule has 4 saturated heterocycles. The fraction of sp³-hybridized carbons (Fsp3) is 0.727. The Labute approximate surface area is 171 Å². The van der Waals surface area contributed by atoms with Crippen molar-refractivity contribution in [3.63, 3.8) is 0 Å². The smallest absolute Gasteiger partial charge is 0.142 e. The molecule has 0 spiro atoms. The molecule has 4 fully saturated rings. The summed E-state index contributed by atoms with van der Waals surface area (Å²) in [6.07, 6.45) is 11.9. The van der Waals surface area contributed by atoms with E-state index in [0.29, 0.717) is 24.2 Å². The minimum absolute atomic E-state index is 0.378. The first-order chi connectivity index (χ1) is 13.8. The van der Waals surface area contributed by atoms with E-state index >= 15 is 0 Å². The summed E-state index contributed by atoms with van der Waals surface area (Å²) in [6, 6.07) is 4.06. The summed E-state index contributed by atoms with van der Waals surface area (Å²) in [5.41, 5.74) is -0.00860. The molecule has 29 heavy (non-hydrogen) atoms.